The molecule has 0 aliphatic heterocycles. The van der Waals surface area contributed by atoms with Gasteiger partial charge in [0.25, 0.3) is 0 Å². The predicted octanol–water partition coefficient (Wildman–Crippen LogP) is 15.7. The van der Waals surface area contributed by atoms with Crippen LogP contribution in [0.25, 0.3) is 10.8 Å². The lowest BCUT2D eigenvalue weighted by atomic mass is 9.12. The SMILES string of the molecule is CCCCCCCCCCCCCCCCCCOc1ccc(C[n+]2ccc3ccccc3c2)cc1.Fc1c(F)c(F)c([B-](c2c(F)c(F)c(F)c(F)c2F)(c2c(F)c(F)c(F)c(F)c2F)c2c(F)c(F)c(F)c(F)c2F)c(F)c1F. The number of rotatable bonds is 24. The third-order valence-electron chi connectivity index (χ3n) is 14.0. The first-order valence-electron chi connectivity index (χ1n) is 25.9. The van der Waals surface area contributed by atoms with Gasteiger partial charge in [-0.3, -0.25) is 0 Å². The Kier molecular flexibility index (Phi) is 22.1. The van der Waals surface area contributed by atoms with E-state index in [1.807, 2.05) is 0 Å². The molecule has 2 nitrogen and oxygen atoms in total. The summed E-state index contributed by atoms with van der Waals surface area (Å²) in [6, 6.07) is 19.3. The summed E-state index contributed by atoms with van der Waals surface area (Å²) in [7, 11) is 0. The zero-order valence-electron chi connectivity index (χ0n) is 43.1. The number of benzene rings is 6. The van der Waals surface area contributed by atoms with Crippen LogP contribution in [-0.2, 0) is 6.54 Å². The Balaban J connectivity index is 0.000000268. The molecule has 436 valence electrons. The van der Waals surface area contributed by atoms with Gasteiger partial charge in [0.05, 0.1) is 6.61 Å². The van der Waals surface area contributed by atoms with E-state index in [0.29, 0.717) is 0 Å². The summed E-state index contributed by atoms with van der Waals surface area (Å²) < 4.78 is 302. The molecule has 6 aromatic carbocycles. The molecule has 7 rings (SSSR count). The van der Waals surface area contributed by atoms with E-state index in [1.165, 1.54) is 113 Å². The van der Waals surface area contributed by atoms with Gasteiger partial charge in [-0.2, -0.15) is 0 Å². The molecule has 0 saturated carbocycles. The monoisotopic (exact) mass is 1170 g/mol. The maximum atomic E-state index is 15.4. The zero-order valence-corrected chi connectivity index (χ0v) is 43.1. The van der Waals surface area contributed by atoms with Crippen molar-refractivity contribution in [1.29, 1.82) is 0 Å². The Bertz CT molecular complexity index is 2960. The van der Waals surface area contributed by atoms with E-state index in [1.54, 1.807) is 0 Å². The Labute approximate surface area is 452 Å². The van der Waals surface area contributed by atoms with Crippen molar-refractivity contribution in [1.82, 2.24) is 0 Å². The smallest absolute Gasteiger partial charge is 0.200 e. The van der Waals surface area contributed by atoms with Crippen molar-refractivity contribution < 1.29 is 97.1 Å². The molecule has 0 spiro atoms. The van der Waals surface area contributed by atoms with Crippen LogP contribution in [0.15, 0.2) is 67.0 Å². The molecule has 0 unspecified atom stereocenters. The van der Waals surface area contributed by atoms with Crippen molar-refractivity contribution >= 4 is 38.8 Å². The second-order valence-electron chi connectivity index (χ2n) is 19.3. The maximum Gasteiger partial charge on any atom is 0.200 e. The molecule has 0 radical (unpaired) electrons. The van der Waals surface area contributed by atoms with Gasteiger partial charge in [0.15, 0.2) is 88.7 Å². The van der Waals surface area contributed by atoms with Gasteiger partial charge in [-0.15, -0.1) is 21.9 Å². The molecule has 7 aromatic rings. The first-order chi connectivity index (χ1) is 38.5. The van der Waals surface area contributed by atoms with Gasteiger partial charge in [0, 0.05) is 17.0 Å². The normalized spacial score (nSPS) is 11.7. The molecule has 0 N–H and O–H groups in total. The predicted molar refractivity (Wildman–Crippen MR) is 264 cm³/mol. The van der Waals surface area contributed by atoms with Crippen LogP contribution in [0.5, 0.6) is 5.75 Å². The minimum Gasteiger partial charge on any atom is -0.494 e. The lowest BCUT2D eigenvalue weighted by Crippen LogP contribution is -2.81. The average Bonchev–Trinajstić information content (AvgIpc) is 3.42. The number of fused-ring (bicyclic) bond motifs is 1. The van der Waals surface area contributed by atoms with E-state index in [0.717, 1.165) is 25.3 Å². The minimum absolute atomic E-state index is 0.831. The number of nitrogens with zero attached hydrogens (tertiary/aromatic N) is 1. The van der Waals surface area contributed by atoms with Gasteiger partial charge in [-0.05, 0) is 42.1 Å². The molecule has 0 bridgehead atoms. The number of hydrogen-bond donors (Lipinski definition) is 0. The topological polar surface area (TPSA) is 13.1 Å². The van der Waals surface area contributed by atoms with Crippen LogP contribution < -0.4 is 31.2 Å². The summed E-state index contributed by atoms with van der Waals surface area (Å²) >= 11 is 0. The lowest BCUT2D eigenvalue weighted by molar-refractivity contribution is -0.687. The Morgan fingerprint density at radius 3 is 0.926 bits per heavy atom. The van der Waals surface area contributed by atoms with Crippen LogP contribution in [-0.4, -0.2) is 12.8 Å². The molecular formula is C58H50BF20NO. The summed E-state index contributed by atoms with van der Waals surface area (Å²) in [5, 5.41) is 2.56. The molecule has 0 saturated heterocycles. The standard InChI is InChI=1S/C34H50NO.C24BF20/c1-2-3-4-5-6-7-8-9-10-11-12-13-14-15-16-19-28-36-34-24-22-31(23-25-34)29-35-27-26-32-20-17-18-21-33(32)30-35;26-5-1(6(27)14(35)21(42)13(5)34)25(2-7(28)15(36)22(43)16(37)8(2)29,3-9(30)17(38)23(44)18(39)10(3)31)4-11(32)19(40)24(45)20(41)12(4)33/h17-18,20-27,30H,2-16,19,28-29H2,1H3;/q+1;-1. The van der Waals surface area contributed by atoms with E-state index >= 15 is 35.1 Å². The Morgan fingerprint density at radius 2 is 0.605 bits per heavy atom. The first-order valence-corrected chi connectivity index (χ1v) is 25.9. The third-order valence-corrected chi connectivity index (χ3v) is 14.0. The number of aromatic nitrogens is 1. The van der Waals surface area contributed by atoms with Gasteiger partial charge in [0.1, 0.15) is 58.4 Å². The van der Waals surface area contributed by atoms with Crippen molar-refractivity contribution in [2.24, 2.45) is 0 Å². The molecule has 1 aromatic heterocycles. The number of ether oxygens (including phenoxy) is 1. The van der Waals surface area contributed by atoms with Crippen LogP contribution >= 0.6 is 0 Å². The highest BCUT2D eigenvalue weighted by molar-refractivity contribution is 7.20. The third kappa shape index (κ3) is 13.4. The number of hydrogen-bond acceptors (Lipinski definition) is 1. The highest BCUT2D eigenvalue weighted by Gasteiger charge is 2.52. The fourth-order valence-electron chi connectivity index (χ4n) is 9.89. The van der Waals surface area contributed by atoms with E-state index in [2.05, 4.69) is 78.5 Å². The van der Waals surface area contributed by atoms with Crippen LogP contribution in [0.2, 0.25) is 0 Å². The number of unbranched alkanes of at least 4 members (excludes halogenated alkanes) is 15. The summed E-state index contributed by atoms with van der Waals surface area (Å²) in [6.07, 6.45) is 19.6. The zero-order chi connectivity index (χ0) is 59.5. The molecule has 81 heavy (non-hydrogen) atoms. The molecule has 0 aliphatic rings. The fourth-order valence-corrected chi connectivity index (χ4v) is 9.89. The summed E-state index contributed by atoms with van der Waals surface area (Å²) in [5.74, 6) is -70.4. The van der Waals surface area contributed by atoms with Gasteiger partial charge in [-0.1, -0.05) is 121 Å². The van der Waals surface area contributed by atoms with E-state index in [4.69, 9.17) is 4.74 Å². The second-order valence-corrected chi connectivity index (χ2v) is 19.3. The molecule has 0 amide bonds. The Morgan fingerprint density at radius 1 is 0.321 bits per heavy atom. The van der Waals surface area contributed by atoms with Crippen molar-refractivity contribution in [3.8, 4) is 5.75 Å². The lowest BCUT2D eigenvalue weighted by Gasteiger charge is -2.44. The first kappa shape index (κ1) is 63.4. The van der Waals surface area contributed by atoms with E-state index in [-0.39, 0.29) is 0 Å². The second kappa shape index (κ2) is 28.3. The van der Waals surface area contributed by atoms with Crippen LogP contribution in [0, 0.1) is 116 Å². The van der Waals surface area contributed by atoms with Crippen molar-refractivity contribution in [3.05, 3.63) is 189 Å². The van der Waals surface area contributed by atoms with Crippen LogP contribution in [0.4, 0.5) is 87.8 Å². The fraction of sp³-hybridized carbons (Fsp3) is 0.328. The minimum atomic E-state index is -7.22. The molecule has 23 heteroatoms. The molecule has 0 fully saturated rings. The van der Waals surface area contributed by atoms with Gasteiger partial charge >= 0.3 is 0 Å². The maximum absolute atomic E-state index is 15.4. The average molecular weight is 1170 g/mol. The molecular weight excluding hydrogens is 1120 g/mol. The highest BCUT2D eigenvalue weighted by atomic mass is 19.2. The summed E-state index contributed by atoms with van der Waals surface area (Å²) in [5.41, 5.74) is -13.0. The molecule has 1 heterocycles. The van der Waals surface area contributed by atoms with Crippen molar-refractivity contribution in [2.75, 3.05) is 6.61 Å². The summed E-state index contributed by atoms with van der Waals surface area (Å²) in [6.45, 7) is 4.00. The van der Waals surface area contributed by atoms with E-state index in [9.17, 15) is 52.7 Å². The largest absolute Gasteiger partial charge is 0.494 e. The van der Waals surface area contributed by atoms with E-state index < -0.39 is 144 Å². The van der Waals surface area contributed by atoms with Gasteiger partial charge < -0.3 is 4.74 Å². The molecule has 0 aliphatic carbocycles. The number of halogens is 20. The Hall–Kier alpha value is -6.81. The molecule has 0 atom stereocenters. The van der Waals surface area contributed by atoms with Crippen molar-refractivity contribution in [2.45, 2.75) is 116 Å². The number of pyridine rings is 1. The summed E-state index contributed by atoms with van der Waals surface area (Å²) in [4.78, 5) is 0. The quantitative estimate of drug-likeness (QED) is 0.0147. The van der Waals surface area contributed by atoms with Crippen LogP contribution in [0.1, 0.15) is 115 Å². The van der Waals surface area contributed by atoms with Crippen LogP contribution in [0.3, 0.4) is 0 Å². The highest BCUT2D eigenvalue weighted by Crippen LogP contribution is 2.31. The van der Waals surface area contributed by atoms with Gasteiger partial charge in [0.2, 0.25) is 0 Å². The van der Waals surface area contributed by atoms with Crippen molar-refractivity contribution in [3.63, 3.8) is 0 Å². The van der Waals surface area contributed by atoms with Gasteiger partial charge in [-0.25, -0.2) is 92.4 Å².